The Morgan fingerprint density at radius 3 is 1.88 bits per heavy atom. The molecule has 0 rings (SSSR count). The van der Waals surface area contributed by atoms with Gasteiger partial charge in [-0.05, 0) is 29.1 Å². The van der Waals surface area contributed by atoms with Crippen LogP contribution in [0.1, 0.15) is 48.0 Å². The molecule has 0 bridgehead atoms. The minimum Gasteiger partial charge on any atom is -0.416 e. The molecule has 0 aliphatic rings. The molecule has 17 heavy (non-hydrogen) atoms. The minimum atomic E-state index is -1.67. The average molecular weight is 252 g/mol. The van der Waals surface area contributed by atoms with Crippen LogP contribution in [0.5, 0.6) is 0 Å². The maximum Gasteiger partial charge on any atom is 0.200 e. The molecular formula is C15H28OSi. The molecule has 0 aromatic rings. The molecule has 0 unspecified atom stereocenters. The van der Waals surface area contributed by atoms with Crippen LogP contribution < -0.4 is 0 Å². The fourth-order valence-electron chi connectivity index (χ4n) is 2.96. The largest absolute Gasteiger partial charge is 0.416 e. The van der Waals surface area contributed by atoms with Crippen LogP contribution in [0.3, 0.4) is 0 Å². The Bertz CT molecular complexity index is 249. The van der Waals surface area contributed by atoms with Gasteiger partial charge in [-0.2, -0.15) is 0 Å². The van der Waals surface area contributed by atoms with Crippen molar-refractivity contribution in [3.05, 3.63) is 12.2 Å². The highest BCUT2D eigenvalue weighted by molar-refractivity contribution is 6.77. The molecule has 1 nitrogen and oxygen atoms in total. The Balaban J connectivity index is 4.60. The molecule has 98 valence electrons. The van der Waals surface area contributed by atoms with Gasteiger partial charge in [0.25, 0.3) is 0 Å². The van der Waals surface area contributed by atoms with Crippen LogP contribution in [0.4, 0.5) is 0 Å². The Hall–Kier alpha value is -0.523. The second-order valence-electron chi connectivity index (χ2n) is 5.52. The van der Waals surface area contributed by atoms with Gasteiger partial charge in [-0.25, -0.2) is 0 Å². The summed E-state index contributed by atoms with van der Waals surface area (Å²) < 4.78 is 6.38. The van der Waals surface area contributed by atoms with Crippen molar-refractivity contribution in [2.75, 3.05) is 6.61 Å². The third-order valence-corrected chi connectivity index (χ3v) is 9.68. The summed E-state index contributed by atoms with van der Waals surface area (Å²) in [5, 5.41) is 0. The van der Waals surface area contributed by atoms with E-state index in [0.717, 1.165) is 13.0 Å². The molecule has 0 heterocycles. The summed E-state index contributed by atoms with van der Waals surface area (Å²) in [4.78, 5) is 0. The van der Waals surface area contributed by atoms with Crippen molar-refractivity contribution in [2.24, 2.45) is 0 Å². The van der Waals surface area contributed by atoms with Gasteiger partial charge in [0.15, 0.2) is 8.32 Å². The van der Waals surface area contributed by atoms with E-state index in [2.05, 4.69) is 47.5 Å². The monoisotopic (exact) mass is 252 g/mol. The van der Waals surface area contributed by atoms with Crippen LogP contribution in [-0.2, 0) is 4.43 Å². The van der Waals surface area contributed by atoms with Crippen molar-refractivity contribution in [1.82, 2.24) is 0 Å². The van der Waals surface area contributed by atoms with E-state index in [1.165, 1.54) is 0 Å². The van der Waals surface area contributed by atoms with Crippen molar-refractivity contribution < 1.29 is 4.43 Å². The first kappa shape index (κ1) is 16.5. The van der Waals surface area contributed by atoms with Crippen molar-refractivity contribution in [3.8, 4) is 12.3 Å². The highest BCUT2D eigenvalue weighted by atomic mass is 28.4. The van der Waals surface area contributed by atoms with E-state index >= 15 is 0 Å². The lowest BCUT2D eigenvalue weighted by molar-refractivity contribution is 0.284. The average Bonchev–Trinajstić information content (AvgIpc) is 2.21. The highest BCUT2D eigenvalue weighted by Gasteiger charge is 2.44. The predicted octanol–water partition coefficient (Wildman–Crippen LogP) is 4.76. The Morgan fingerprint density at radius 2 is 1.53 bits per heavy atom. The quantitative estimate of drug-likeness (QED) is 0.361. The molecule has 0 fully saturated rings. The zero-order valence-corrected chi connectivity index (χ0v) is 13.3. The van der Waals surface area contributed by atoms with Gasteiger partial charge in [0.2, 0.25) is 0 Å². The second-order valence-corrected chi connectivity index (χ2v) is 11.0. The van der Waals surface area contributed by atoms with Crippen LogP contribution in [-0.4, -0.2) is 14.9 Å². The lowest BCUT2D eigenvalue weighted by Crippen LogP contribution is -2.47. The number of allylic oxidation sites excluding steroid dienone is 1. The van der Waals surface area contributed by atoms with Gasteiger partial charge in [-0.3, -0.25) is 0 Å². The van der Waals surface area contributed by atoms with Gasteiger partial charge in [-0.1, -0.05) is 53.5 Å². The standard InChI is InChI=1S/C15H28OSi/c1-8-9-10-11-12-16-17(13(2)3,14(4)5)15(6)7/h1,9-10,13-15H,11-12H2,2-7H3/b10-9+. The molecule has 0 saturated heterocycles. The topological polar surface area (TPSA) is 9.23 Å². The Labute approximate surface area is 109 Å². The van der Waals surface area contributed by atoms with E-state index in [0.29, 0.717) is 16.6 Å². The Morgan fingerprint density at radius 1 is 1.06 bits per heavy atom. The van der Waals surface area contributed by atoms with E-state index in [4.69, 9.17) is 10.8 Å². The van der Waals surface area contributed by atoms with Gasteiger partial charge in [0.1, 0.15) is 0 Å². The lowest BCUT2D eigenvalue weighted by atomic mass is 10.4. The van der Waals surface area contributed by atoms with Gasteiger partial charge in [0, 0.05) is 6.61 Å². The van der Waals surface area contributed by atoms with E-state index in [-0.39, 0.29) is 0 Å². The zero-order valence-electron chi connectivity index (χ0n) is 12.3. The molecule has 0 spiro atoms. The molecule has 0 radical (unpaired) electrons. The first-order chi connectivity index (χ1) is 7.89. The third kappa shape index (κ3) is 4.33. The van der Waals surface area contributed by atoms with Crippen LogP contribution in [0.25, 0.3) is 0 Å². The summed E-state index contributed by atoms with van der Waals surface area (Å²) in [5.74, 6) is 2.51. The van der Waals surface area contributed by atoms with E-state index < -0.39 is 8.32 Å². The fraction of sp³-hybridized carbons (Fsp3) is 0.733. The number of hydrogen-bond acceptors (Lipinski definition) is 1. The number of hydrogen-bond donors (Lipinski definition) is 0. The summed E-state index contributed by atoms with van der Waals surface area (Å²) in [6.45, 7) is 14.7. The van der Waals surface area contributed by atoms with E-state index in [1.54, 1.807) is 6.08 Å². The van der Waals surface area contributed by atoms with Crippen molar-refractivity contribution >= 4 is 8.32 Å². The van der Waals surface area contributed by atoms with Crippen molar-refractivity contribution in [1.29, 1.82) is 0 Å². The summed E-state index contributed by atoms with van der Waals surface area (Å²) in [6, 6.07) is 0. The lowest BCUT2D eigenvalue weighted by Gasteiger charge is -2.42. The van der Waals surface area contributed by atoms with Crippen LogP contribution in [0.2, 0.25) is 16.6 Å². The van der Waals surface area contributed by atoms with Gasteiger partial charge in [0.05, 0.1) is 0 Å². The highest BCUT2D eigenvalue weighted by Crippen LogP contribution is 2.42. The van der Waals surface area contributed by atoms with Gasteiger partial charge >= 0.3 is 0 Å². The van der Waals surface area contributed by atoms with Crippen molar-refractivity contribution in [2.45, 2.75) is 64.6 Å². The molecule has 0 aliphatic carbocycles. The van der Waals surface area contributed by atoms with Crippen LogP contribution >= 0.6 is 0 Å². The number of terminal acetylenes is 1. The SMILES string of the molecule is C#C/C=C/CCO[Si](C(C)C)(C(C)C)C(C)C. The zero-order chi connectivity index (χ0) is 13.5. The fourth-order valence-corrected chi connectivity index (χ4v) is 8.43. The maximum atomic E-state index is 6.38. The minimum absolute atomic E-state index is 0.652. The molecular weight excluding hydrogens is 224 g/mol. The molecule has 0 aliphatic heterocycles. The molecule has 0 N–H and O–H groups in total. The Kier molecular flexibility index (Phi) is 7.50. The first-order valence-corrected chi connectivity index (χ1v) is 8.78. The second kappa shape index (κ2) is 7.74. The third-order valence-electron chi connectivity index (χ3n) is 3.56. The van der Waals surface area contributed by atoms with Crippen LogP contribution in [0, 0.1) is 12.3 Å². The number of rotatable bonds is 7. The van der Waals surface area contributed by atoms with Gasteiger partial charge < -0.3 is 4.43 Å². The smallest absolute Gasteiger partial charge is 0.200 e. The molecule has 0 saturated carbocycles. The van der Waals surface area contributed by atoms with Crippen molar-refractivity contribution in [3.63, 3.8) is 0 Å². The van der Waals surface area contributed by atoms with E-state index in [9.17, 15) is 0 Å². The maximum absolute atomic E-state index is 6.38. The molecule has 0 aromatic heterocycles. The molecule has 0 amide bonds. The summed E-state index contributed by atoms with van der Waals surface area (Å²) >= 11 is 0. The first-order valence-electron chi connectivity index (χ1n) is 6.64. The summed E-state index contributed by atoms with van der Waals surface area (Å²) in [5.41, 5.74) is 1.96. The normalized spacial score (nSPS) is 12.9. The molecule has 2 heteroatoms. The molecule has 0 aromatic carbocycles. The van der Waals surface area contributed by atoms with Gasteiger partial charge in [-0.15, -0.1) is 6.42 Å². The predicted molar refractivity (Wildman–Crippen MR) is 79.6 cm³/mol. The van der Waals surface area contributed by atoms with Crippen LogP contribution in [0.15, 0.2) is 12.2 Å². The molecule has 0 atom stereocenters. The summed E-state index contributed by atoms with van der Waals surface area (Å²) in [6.07, 6.45) is 9.86. The summed E-state index contributed by atoms with van der Waals surface area (Å²) in [7, 11) is -1.67. The van der Waals surface area contributed by atoms with E-state index in [1.807, 2.05) is 6.08 Å².